The molecule has 0 unspecified atom stereocenters. The van der Waals surface area contributed by atoms with Gasteiger partial charge in [0.25, 0.3) is 5.91 Å². The number of hydrogen-bond acceptors (Lipinski definition) is 7. The van der Waals surface area contributed by atoms with Gasteiger partial charge in [0.2, 0.25) is 15.9 Å². The number of nitrogens with one attached hydrogen (secondary N) is 1. The van der Waals surface area contributed by atoms with Crippen LogP contribution >= 0.6 is 0 Å². The van der Waals surface area contributed by atoms with Gasteiger partial charge in [-0.25, -0.2) is 13.9 Å². The average molecular weight is 477 g/mol. The second kappa shape index (κ2) is 10.3. The van der Waals surface area contributed by atoms with Crippen LogP contribution in [0.15, 0.2) is 53.4 Å². The average Bonchev–Trinajstić information content (AvgIpc) is 2.82. The zero-order valence-corrected chi connectivity index (χ0v) is 19.3. The summed E-state index contributed by atoms with van der Waals surface area (Å²) in [6.45, 7) is 3.54. The van der Waals surface area contributed by atoms with Crippen LogP contribution in [0.4, 0.5) is 0 Å². The molecule has 1 fully saturated rings. The monoisotopic (exact) mass is 476 g/mol. The fourth-order valence-electron chi connectivity index (χ4n) is 3.89. The largest absolute Gasteiger partial charge is 0.489 e. The van der Waals surface area contributed by atoms with Crippen molar-refractivity contribution >= 4 is 21.8 Å². The Morgan fingerprint density at radius 3 is 2.42 bits per heavy atom. The summed E-state index contributed by atoms with van der Waals surface area (Å²) in [7, 11) is -4.11. The molecule has 1 aliphatic rings. The Morgan fingerprint density at radius 1 is 1.15 bits per heavy atom. The lowest BCUT2D eigenvalue weighted by atomic mass is 10.0. The van der Waals surface area contributed by atoms with Gasteiger partial charge in [0.1, 0.15) is 18.4 Å². The molecule has 0 radical (unpaired) electrons. The maximum atomic E-state index is 13.3. The van der Waals surface area contributed by atoms with Crippen LogP contribution in [0.25, 0.3) is 0 Å². The molecule has 2 aromatic carbocycles. The molecule has 1 saturated heterocycles. The number of benzene rings is 2. The van der Waals surface area contributed by atoms with Crippen molar-refractivity contribution in [2.45, 2.75) is 37.4 Å². The molecule has 0 aromatic heterocycles. The van der Waals surface area contributed by atoms with Gasteiger partial charge >= 0.3 is 0 Å². The number of nitrogens with zero attached hydrogens (tertiary/aromatic N) is 2. The van der Waals surface area contributed by atoms with Gasteiger partial charge in [0.15, 0.2) is 0 Å². The number of ether oxygens (including phenoxy) is 1. The molecular weight excluding hydrogens is 448 g/mol. The van der Waals surface area contributed by atoms with E-state index in [0.29, 0.717) is 12.4 Å². The topological polar surface area (TPSA) is 142 Å². The van der Waals surface area contributed by atoms with Crippen LogP contribution in [0.3, 0.4) is 0 Å². The summed E-state index contributed by atoms with van der Waals surface area (Å²) in [6, 6.07) is 11.5. The summed E-state index contributed by atoms with van der Waals surface area (Å²) in [5.41, 5.74) is 9.05. The second-order valence-corrected chi connectivity index (χ2v) is 9.65. The van der Waals surface area contributed by atoms with Crippen molar-refractivity contribution in [1.82, 2.24) is 14.7 Å². The molecule has 178 valence electrons. The summed E-state index contributed by atoms with van der Waals surface area (Å²) in [6.07, 6.45) is 0. The first kappa shape index (κ1) is 24.6. The van der Waals surface area contributed by atoms with E-state index in [0.717, 1.165) is 15.4 Å². The lowest BCUT2D eigenvalue weighted by molar-refractivity contribution is -0.142. The second-order valence-electron chi connectivity index (χ2n) is 7.76. The molecule has 0 saturated carbocycles. The van der Waals surface area contributed by atoms with E-state index in [1.807, 2.05) is 31.2 Å². The number of hydrogen-bond donors (Lipinski definition) is 3. The van der Waals surface area contributed by atoms with Crippen molar-refractivity contribution in [2.24, 2.45) is 5.73 Å². The Morgan fingerprint density at radius 2 is 1.82 bits per heavy atom. The highest BCUT2D eigenvalue weighted by molar-refractivity contribution is 7.89. The summed E-state index contributed by atoms with van der Waals surface area (Å²) in [5, 5.41) is 9.18. The zero-order valence-electron chi connectivity index (χ0n) is 18.5. The van der Waals surface area contributed by atoms with Crippen LogP contribution in [0, 0.1) is 6.92 Å². The lowest BCUT2D eigenvalue weighted by Crippen LogP contribution is -2.66. The van der Waals surface area contributed by atoms with Gasteiger partial charge in [-0.3, -0.25) is 14.8 Å². The van der Waals surface area contributed by atoms with E-state index < -0.39 is 33.9 Å². The van der Waals surface area contributed by atoms with Crippen molar-refractivity contribution in [2.75, 3.05) is 19.6 Å². The van der Waals surface area contributed by atoms with Crippen molar-refractivity contribution in [3.05, 3.63) is 59.7 Å². The van der Waals surface area contributed by atoms with Crippen molar-refractivity contribution in [3.8, 4) is 5.75 Å². The molecular formula is C22H28N4O6S. The summed E-state index contributed by atoms with van der Waals surface area (Å²) in [5.74, 6) is -0.849. The minimum Gasteiger partial charge on any atom is -0.489 e. The lowest BCUT2D eigenvalue weighted by Gasteiger charge is -2.44. The Balaban J connectivity index is 1.80. The minimum absolute atomic E-state index is 0.0349. The molecule has 0 spiro atoms. The standard InChI is InChI=1S/C22H28N4O6S/c1-15-5-3-4-6-17(15)14-32-18-7-9-19(10-8-18)33(30,31)26-12-11-25(20(27)13-23)16(2)21(26)22(28)24-29/h3-10,16,21,29H,11-14,23H2,1-2H3,(H,24,28)/t16-,21+/m0/s1. The molecule has 3 rings (SSSR count). The Kier molecular flexibility index (Phi) is 7.69. The smallest absolute Gasteiger partial charge is 0.263 e. The molecule has 4 N–H and O–H groups in total. The van der Waals surface area contributed by atoms with Gasteiger partial charge in [0, 0.05) is 13.1 Å². The molecule has 1 aliphatic heterocycles. The molecule has 10 nitrogen and oxygen atoms in total. The number of sulfonamides is 1. The fraction of sp³-hybridized carbons (Fsp3) is 0.364. The number of rotatable bonds is 7. The van der Waals surface area contributed by atoms with E-state index >= 15 is 0 Å². The third-order valence-corrected chi connectivity index (χ3v) is 7.67. The molecule has 2 atom stereocenters. The van der Waals surface area contributed by atoms with E-state index in [2.05, 4.69) is 0 Å². The highest BCUT2D eigenvalue weighted by atomic mass is 32.2. The van der Waals surface area contributed by atoms with E-state index in [1.54, 1.807) is 12.1 Å². The van der Waals surface area contributed by atoms with Crippen molar-refractivity contribution < 1.29 is 28.0 Å². The maximum absolute atomic E-state index is 13.3. The van der Waals surface area contributed by atoms with Crippen molar-refractivity contribution in [1.29, 1.82) is 0 Å². The first-order chi connectivity index (χ1) is 15.7. The maximum Gasteiger partial charge on any atom is 0.263 e. The highest BCUT2D eigenvalue weighted by Gasteiger charge is 2.45. The van der Waals surface area contributed by atoms with E-state index in [9.17, 15) is 23.2 Å². The van der Waals surface area contributed by atoms with Crippen LogP contribution in [-0.4, -0.2) is 66.4 Å². The number of hydroxylamine groups is 1. The first-order valence-corrected chi connectivity index (χ1v) is 11.9. The molecule has 0 aliphatic carbocycles. The zero-order chi connectivity index (χ0) is 24.2. The van der Waals surface area contributed by atoms with Gasteiger partial charge in [-0.15, -0.1) is 0 Å². The van der Waals surface area contributed by atoms with Gasteiger partial charge < -0.3 is 15.4 Å². The third-order valence-electron chi connectivity index (χ3n) is 5.78. The van der Waals surface area contributed by atoms with E-state index in [1.165, 1.54) is 29.4 Å². The number of aryl methyl sites for hydroxylation is 1. The molecule has 0 bridgehead atoms. The third kappa shape index (κ3) is 5.17. The Labute approximate surface area is 192 Å². The molecule has 11 heteroatoms. The molecule has 33 heavy (non-hydrogen) atoms. The molecule has 1 heterocycles. The normalized spacial score (nSPS) is 19.2. The van der Waals surface area contributed by atoms with Crippen LogP contribution in [-0.2, 0) is 26.2 Å². The summed E-state index contributed by atoms with van der Waals surface area (Å²) >= 11 is 0. The summed E-state index contributed by atoms with van der Waals surface area (Å²) < 4.78 is 33.4. The van der Waals surface area contributed by atoms with Gasteiger partial charge in [-0.05, 0) is 49.2 Å². The molecule has 2 aromatic rings. The van der Waals surface area contributed by atoms with Crippen LogP contribution in [0.1, 0.15) is 18.1 Å². The van der Waals surface area contributed by atoms with Crippen LogP contribution < -0.4 is 16.0 Å². The SMILES string of the molecule is Cc1ccccc1COc1ccc(S(=O)(=O)N2CCN(C(=O)CN)[C@@H](C)[C@@H]2C(=O)NO)cc1. The quantitative estimate of drug-likeness (QED) is 0.393. The van der Waals surface area contributed by atoms with Gasteiger partial charge in [-0.2, -0.15) is 4.31 Å². The predicted molar refractivity (Wildman–Crippen MR) is 120 cm³/mol. The number of carbonyl (C=O) groups is 2. The number of carbonyl (C=O) groups excluding carboxylic acids is 2. The van der Waals surface area contributed by atoms with E-state index in [4.69, 9.17) is 10.5 Å². The first-order valence-electron chi connectivity index (χ1n) is 10.4. The predicted octanol–water partition coefficient (Wildman–Crippen LogP) is 0.628. The minimum atomic E-state index is -4.11. The van der Waals surface area contributed by atoms with Crippen LogP contribution in [0.2, 0.25) is 0 Å². The Bertz CT molecular complexity index is 1110. The number of amides is 2. The summed E-state index contributed by atoms with van der Waals surface area (Å²) in [4.78, 5) is 25.8. The molecule has 2 amide bonds. The van der Waals surface area contributed by atoms with Crippen LogP contribution in [0.5, 0.6) is 5.75 Å². The highest BCUT2D eigenvalue weighted by Crippen LogP contribution is 2.27. The number of piperazine rings is 1. The van der Waals surface area contributed by atoms with Gasteiger partial charge in [-0.1, -0.05) is 24.3 Å². The Hall–Kier alpha value is -2.99. The number of nitrogens with two attached hydrogens (primary N) is 1. The van der Waals surface area contributed by atoms with Gasteiger partial charge in [0.05, 0.1) is 17.5 Å². The fourth-order valence-corrected chi connectivity index (χ4v) is 5.53. The van der Waals surface area contributed by atoms with E-state index in [-0.39, 0.29) is 24.5 Å². The van der Waals surface area contributed by atoms with Crippen molar-refractivity contribution in [3.63, 3.8) is 0 Å².